The Bertz CT molecular complexity index is 645. The van der Waals surface area contributed by atoms with Gasteiger partial charge in [-0.05, 0) is 6.07 Å². The van der Waals surface area contributed by atoms with Gasteiger partial charge in [-0.25, -0.2) is 13.1 Å². The van der Waals surface area contributed by atoms with E-state index >= 15 is 0 Å². The first-order valence-corrected chi connectivity index (χ1v) is 7.25. The Labute approximate surface area is 120 Å². The van der Waals surface area contributed by atoms with Crippen molar-refractivity contribution in [3.63, 3.8) is 0 Å². The molecule has 10 nitrogen and oxygen atoms in total. The van der Waals surface area contributed by atoms with Crippen molar-refractivity contribution in [1.82, 2.24) is 10.0 Å². The molecule has 1 rings (SSSR count). The predicted molar refractivity (Wildman–Crippen MR) is 74.8 cm³/mol. The fraction of sp³-hybridized carbons (Fsp3) is 0.300. The van der Waals surface area contributed by atoms with Gasteiger partial charge in [-0.3, -0.25) is 20.8 Å². The lowest BCUT2D eigenvalue weighted by molar-refractivity contribution is -0.385. The first-order valence-electron chi connectivity index (χ1n) is 5.77. The Kier molecular flexibility index (Phi) is 5.58. The molecule has 1 aromatic rings. The number of carbonyl (C=O) groups excluding carboxylic acids is 1. The summed E-state index contributed by atoms with van der Waals surface area (Å²) in [7, 11) is -4.01. The van der Waals surface area contributed by atoms with E-state index in [9.17, 15) is 23.3 Å². The van der Waals surface area contributed by atoms with Gasteiger partial charge in [0.25, 0.3) is 5.69 Å². The summed E-state index contributed by atoms with van der Waals surface area (Å²) >= 11 is 0. The number of rotatable bonds is 7. The summed E-state index contributed by atoms with van der Waals surface area (Å²) in [6.07, 6.45) is 0. The molecule has 0 bridgehead atoms. The second-order valence-corrected chi connectivity index (χ2v) is 5.70. The minimum absolute atomic E-state index is 0.0210. The van der Waals surface area contributed by atoms with E-state index in [-0.39, 0.29) is 35.3 Å². The van der Waals surface area contributed by atoms with E-state index in [0.29, 0.717) is 0 Å². The number of sulfonamides is 1. The molecule has 5 N–H and O–H groups in total. The van der Waals surface area contributed by atoms with Gasteiger partial charge >= 0.3 is 0 Å². The number of carbonyl (C=O) groups is 1. The van der Waals surface area contributed by atoms with Crippen molar-refractivity contribution in [1.29, 1.82) is 0 Å². The molecule has 0 atom stereocenters. The number of nitro groups is 1. The normalized spacial score (nSPS) is 11.0. The van der Waals surface area contributed by atoms with Crippen molar-refractivity contribution < 1.29 is 18.1 Å². The van der Waals surface area contributed by atoms with E-state index in [0.717, 1.165) is 12.1 Å². The Morgan fingerprint density at radius 3 is 2.57 bits per heavy atom. The van der Waals surface area contributed by atoms with Crippen LogP contribution in [-0.2, 0) is 14.8 Å². The van der Waals surface area contributed by atoms with Crippen LogP contribution in [0.4, 0.5) is 11.4 Å². The van der Waals surface area contributed by atoms with Crippen LogP contribution in [0.2, 0.25) is 0 Å². The van der Waals surface area contributed by atoms with Crippen LogP contribution in [0.5, 0.6) is 0 Å². The lowest BCUT2D eigenvalue weighted by Crippen LogP contribution is -2.34. The average Bonchev–Trinajstić information content (AvgIpc) is 2.42. The maximum atomic E-state index is 12.1. The number of anilines is 1. The Hall–Kier alpha value is -2.24. The van der Waals surface area contributed by atoms with Crippen LogP contribution in [0.1, 0.15) is 6.92 Å². The minimum atomic E-state index is -4.01. The second-order valence-electron chi connectivity index (χ2n) is 3.96. The third-order valence-corrected chi connectivity index (χ3v) is 3.91. The van der Waals surface area contributed by atoms with Crippen molar-refractivity contribution in [2.24, 2.45) is 5.84 Å². The summed E-state index contributed by atoms with van der Waals surface area (Å²) in [6, 6.07) is 3.22. The van der Waals surface area contributed by atoms with Gasteiger partial charge < -0.3 is 10.7 Å². The smallest absolute Gasteiger partial charge is 0.270 e. The summed E-state index contributed by atoms with van der Waals surface area (Å²) in [6.45, 7) is 1.33. The molecule has 1 aromatic carbocycles. The largest absolute Gasteiger partial charge is 0.355 e. The van der Waals surface area contributed by atoms with Crippen molar-refractivity contribution in [2.45, 2.75) is 11.8 Å². The molecule has 0 aliphatic heterocycles. The lowest BCUT2D eigenvalue weighted by atomic mass is 10.3. The number of hydrogen-bond acceptors (Lipinski definition) is 7. The second kappa shape index (κ2) is 6.97. The Morgan fingerprint density at radius 2 is 2.05 bits per heavy atom. The fourth-order valence-corrected chi connectivity index (χ4v) is 2.69. The number of amides is 1. The van der Waals surface area contributed by atoms with Crippen LogP contribution in [0.25, 0.3) is 0 Å². The van der Waals surface area contributed by atoms with Gasteiger partial charge in [-0.1, -0.05) is 0 Å². The van der Waals surface area contributed by atoms with E-state index in [1.54, 1.807) is 0 Å². The lowest BCUT2D eigenvalue weighted by Gasteiger charge is -2.11. The first kappa shape index (κ1) is 16.8. The topological polar surface area (TPSA) is 156 Å². The van der Waals surface area contributed by atoms with Gasteiger partial charge in [0.05, 0.1) is 10.6 Å². The molecule has 0 spiro atoms. The van der Waals surface area contributed by atoms with Crippen molar-refractivity contribution in [2.75, 3.05) is 18.5 Å². The molecule has 0 saturated carbocycles. The molecule has 0 fully saturated rings. The highest BCUT2D eigenvalue weighted by molar-refractivity contribution is 7.89. The standard InChI is InChI=1S/C10H15N5O5S/c1-7(16)12-4-5-13-21(19,20)10-6-8(15(17)18)2-3-9(10)14-11/h2-3,6,13-14H,4-5,11H2,1H3,(H,12,16). The molecule has 1 amide bonds. The number of benzene rings is 1. The van der Waals surface area contributed by atoms with Gasteiger partial charge in [0.2, 0.25) is 15.9 Å². The molecular weight excluding hydrogens is 302 g/mol. The number of nitrogens with two attached hydrogens (primary N) is 1. The molecule has 116 valence electrons. The van der Waals surface area contributed by atoms with Crippen LogP contribution >= 0.6 is 0 Å². The molecule has 11 heteroatoms. The van der Waals surface area contributed by atoms with Crippen LogP contribution in [0.15, 0.2) is 23.1 Å². The van der Waals surface area contributed by atoms with Gasteiger partial charge in [0.15, 0.2) is 0 Å². The highest BCUT2D eigenvalue weighted by Crippen LogP contribution is 2.25. The summed E-state index contributed by atoms with van der Waals surface area (Å²) in [5.74, 6) is 4.90. The van der Waals surface area contributed by atoms with Gasteiger partial charge in [-0.2, -0.15) is 0 Å². The third-order valence-electron chi connectivity index (χ3n) is 2.41. The highest BCUT2D eigenvalue weighted by Gasteiger charge is 2.21. The molecule has 0 unspecified atom stereocenters. The van der Waals surface area contributed by atoms with Gasteiger partial charge in [-0.15, -0.1) is 0 Å². The van der Waals surface area contributed by atoms with Crippen molar-refractivity contribution >= 4 is 27.3 Å². The monoisotopic (exact) mass is 317 g/mol. The zero-order chi connectivity index (χ0) is 16.0. The number of nitrogen functional groups attached to an aromatic ring is 1. The molecule has 0 heterocycles. The van der Waals surface area contributed by atoms with Crippen LogP contribution in [0, 0.1) is 10.1 Å². The first-order chi connectivity index (χ1) is 9.77. The number of hydrazine groups is 1. The SMILES string of the molecule is CC(=O)NCCNS(=O)(=O)c1cc([N+](=O)[O-])ccc1NN. The van der Waals surface area contributed by atoms with E-state index in [1.807, 2.05) is 0 Å². The number of hydrogen-bond donors (Lipinski definition) is 4. The molecular formula is C10H15N5O5S. The van der Waals surface area contributed by atoms with E-state index in [1.165, 1.54) is 13.0 Å². The van der Waals surface area contributed by atoms with Gasteiger partial charge in [0.1, 0.15) is 4.90 Å². The maximum absolute atomic E-state index is 12.1. The minimum Gasteiger partial charge on any atom is -0.355 e. The number of nitrogens with one attached hydrogen (secondary N) is 3. The number of non-ortho nitro benzene ring substituents is 1. The fourth-order valence-electron chi connectivity index (χ4n) is 1.47. The van der Waals surface area contributed by atoms with E-state index < -0.39 is 14.9 Å². The molecule has 0 aromatic heterocycles. The quantitative estimate of drug-likeness (QED) is 0.224. The van der Waals surface area contributed by atoms with E-state index in [2.05, 4.69) is 15.5 Å². The summed E-state index contributed by atoms with van der Waals surface area (Å²) in [5, 5.41) is 13.1. The molecule has 21 heavy (non-hydrogen) atoms. The Morgan fingerprint density at radius 1 is 1.38 bits per heavy atom. The summed E-state index contributed by atoms with van der Waals surface area (Å²) < 4.78 is 26.4. The highest BCUT2D eigenvalue weighted by atomic mass is 32.2. The van der Waals surface area contributed by atoms with Gasteiger partial charge in [0, 0.05) is 32.1 Å². The average molecular weight is 317 g/mol. The van der Waals surface area contributed by atoms with Crippen molar-refractivity contribution in [3.05, 3.63) is 28.3 Å². The zero-order valence-corrected chi connectivity index (χ0v) is 11.9. The maximum Gasteiger partial charge on any atom is 0.270 e. The zero-order valence-electron chi connectivity index (χ0n) is 11.1. The molecule has 0 saturated heterocycles. The van der Waals surface area contributed by atoms with Crippen LogP contribution in [-0.4, -0.2) is 32.3 Å². The Balaban J connectivity index is 2.97. The number of nitro benzene ring substituents is 1. The third kappa shape index (κ3) is 4.66. The van der Waals surface area contributed by atoms with Crippen LogP contribution in [0.3, 0.4) is 0 Å². The predicted octanol–water partition coefficient (Wildman–Crippen LogP) is -0.705. The summed E-state index contributed by atoms with van der Waals surface area (Å²) in [5.41, 5.74) is 1.81. The molecule has 0 radical (unpaired) electrons. The van der Waals surface area contributed by atoms with Crippen LogP contribution < -0.4 is 21.3 Å². The molecule has 0 aliphatic rings. The summed E-state index contributed by atoms with van der Waals surface area (Å²) in [4.78, 5) is 20.3. The van der Waals surface area contributed by atoms with E-state index in [4.69, 9.17) is 5.84 Å². The molecule has 0 aliphatic carbocycles. The van der Waals surface area contributed by atoms with Crippen molar-refractivity contribution in [3.8, 4) is 0 Å². The number of nitrogens with zero attached hydrogens (tertiary/aromatic N) is 1.